The van der Waals surface area contributed by atoms with E-state index in [9.17, 15) is 9.59 Å². The average Bonchev–Trinajstić information content (AvgIpc) is 3.38. The van der Waals surface area contributed by atoms with Crippen molar-refractivity contribution in [3.63, 3.8) is 0 Å². The Morgan fingerprint density at radius 2 is 1.83 bits per heavy atom. The molecule has 0 bridgehead atoms. The van der Waals surface area contributed by atoms with Gasteiger partial charge < -0.3 is 37.3 Å². The number of piperidine rings is 1. The van der Waals surface area contributed by atoms with Gasteiger partial charge in [-0.05, 0) is 60.4 Å². The highest BCUT2D eigenvalue weighted by Gasteiger charge is 2.49. The van der Waals surface area contributed by atoms with E-state index in [4.69, 9.17) is 26.7 Å². The van der Waals surface area contributed by atoms with Gasteiger partial charge in [0, 0.05) is 42.9 Å². The zero-order valence-electron chi connectivity index (χ0n) is 22.9. The second kappa shape index (κ2) is 10.6. The quantitative estimate of drug-likeness (QED) is 0.220. The predicted octanol–water partition coefficient (Wildman–Crippen LogP) is 3.48. The molecule has 6 rings (SSSR count). The maximum atomic E-state index is 14.1. The van der Waals surface area contributed by atoms with Gasteiger partial charge in [-0.3, -0.25) is 9.59 Å². The standard InChI is InChI=1S/C31H33N5O4S/c1-16-12-19(40-18-6-4-3-5-7-18)8-9-21(16)31(34)22-10-11-23(32)27-24(22)25(26(33)29(31)37)28(41-27)30(38)36-17-13-20(39-2)15-35-14-17/h3-12,17,20,26,35H,13-15,32-34H2,1-2H3,(H,36,38)/t17-,20-,26?,31?/m1/s1. The monoisotopic (exact) mass is 571 g/mol. The summed E-state index contributed by atoms with van der Waals surface area (Å²) in [6.07, 6.45) is 0.690. The molecule has 1 aromatic heterocycles. The lowest BCUT2D eigenvalue weighted by molar-refractivity contribution is -0.124. The Kier molecular flexibility index (Phi) is 7.04. The van der Waals surface area contributed by atoms with Crippen LogP contribution >= 0.6 is 11.3 Å². The number of carbonyl (C=O) groups excluding carboxylic acids is 2. The molecule has 10 heteroatoms. The van der Waals surface area contributed by atoms with Crippen molar-refractivity contribution in [1.82, 2.24) is 10.6 Å². The van der Waals surface area contributed by atoms with E-state index in [2.05, 4.69) is 10.6 Å². The first-order valence-electron chi connectivity index (χ1n) is 13.5. The summed E-state index contributed by atoms with van der Waals surface area (Å²) in [7, 11) is 1.66. The summed E-state index contributed by atoms with van der Waals surface area (Å²) in [6.45, 7) is 3.25. The van der Waals surface area contributed by atoms with Crippen molar-refractivity contribution in [3.8, 4) is 11.5 Å². The molecule has 1 fully saturated rings. The number of nitrogens with two attached hydrogens (primary N) is 3. The number of ketones is 1. The van der Waals surface area contributed by atoms with Gasteiger partial charge in [0.05, 0.1) is 21.7 Å². The minimum atomic E-state index is -1.54. The summed E-state index contributed by atoms with van der Waals surface area (Å²) in [6, 6.07) is 17.2. The van der Waals surface area contributed by atoms with Crippen LogP contribution in [0.15, 0.2) is 60.7 Å². The SMILES string of the molecule is CO[C@H]1CNC[C@H](NC(=O)c2sc3c(N)ccc4c3c2C(N)C(=O)C4(N)c2ccc(Oc3ccccc3)cc2C)C1. The molecule has 3 aromatic carbocycles. The Balaban J connectivity index is 1.41. The molecule has 0 saturated carbocycles. The minimum absolute atomic E-state index is 0.00599. The number of Topliss-reactive ketones (excluding diaryl/α,β-unsaturated/α-hetero) is 1. The molecule has 2 heterocycles. The van der Waals surface area contributed by atoms with Gasteiger partial charge in [0.15, 0.2) is 5.78 Å². The molecule has 8 N–H and O–H groups in total. The lowest BCUT2D eigenvalue weighted by Gasteiger charge is -2.37. The first-order valence-corrected chi connectivity index (χ1v) is 14.4. The first-order chi connectivity index (χ1) is 19.7. The Hall–Kier alpha value is -3.80. The second-order valence-electron chi connectivity index (χ2n) is 10.7. The number of hydrogen-bond acceptors (Lipinski definition) is 9. The van der Waals surface area contributed by atoms with E-state index >= 15 is 0 Å². The molecule has 1 aliphatic heterocycles. The number of benzene rings is 3. The number of aryl methyl sites for hydroxylation is 1. The molecule has 9 nitrogen and oxygen atoms in total. The van der Waals surface area contributed by atoms with Crippen LogP contribution in [-0.2, 0) is 15.1 Å². The molecule has 0 spiro atoms. The Bertz CT molecular complexity index is 1660. The fourth-order valence-corrected chi connectivity index (χ4v) is 7.24. The molecular formula is C31H33N5O4S. The largest absolute Gasteiger partial charge is 0.457 e. The number of amides is 1. The topological polar surface area (TPSA) is 155 Å². The van der Waals surface area contributed by atoms with E-state index in [0.717, 1.165) is 12.1 Å². The number of anilines is 1. The molecule has 41 heavy (non-hydrogen) atoms. The van der Waals surface area contributed by atoms with E-state index < -0.39 is 11.6 Å². The van der Waals surface area contributed by atoms with Gasteiger partial charge in [-0.15, -0.1) is 11.3 Å². The highest BCUT2D eigenvalue weighted by atomic mass is 32.1. The van der Waals surface area contributed by atoms with Crippen LogP contribution in [0.25, 0.3) is 10.1 Å². The van der Waals surface area contributed by atoms with Crippen molar-refractivity contribution in [2.24, 2.45) is 11.5 Å². The van der Waals surface area contributed by atoms with Crippen LogP contribution in [-0.4, -0.2) is 44.0 Å². The summed E-state index contributed by atoms with van der Waals surface area (Å²) < 4.78 is 12.2. The van der Waals surface area contributed by atoms with E-state index in [0.29, 0.717) is 61.8 Å². The van der Waals surface area contributed by atoms with Gasteiger partial charge in [-0.25, -0.2) is 0 Å². The Morgan fingerprint density at radius 1 is 1.07 bits per heavy atom. The predicted molar refractivity (Wildman–Crippen MR) is 160 cm³/mol. The summed E-state index contributed by atoms with van der Waals surface area (Å²) in [5.74, 6) is 0.649. The van der Waals surface area contributed by atoms with Crippen LogP contribution < -0.4 is 32.6 Å². The number of thiophene rings is 1. The third kappa shape index (κ3) is 4.58. The van der Waals surface area contributed by atoms with E-state index in [1.807, 2.05) is 49.4 Å². The number of ether oxygens (including phenoxy) is 2. The molecule has 1 amide bonds. The first kappa shape index (κ1) is 27.4. The molecule has 1 saturated heterocycles. The van der Waals surface area contributed by atoms with Crippen LogP contribution in [0.4, 0.5) is 5.69 Å². The van der Waals surface area contributed by atoms with E-state index in [-0.39, 0.29) is 23.8 Å². The fourth-order valence-electron chi connectivity index (χ4n) is 6.04. The smallest absolute Gasteiger partial charge is 0.262 e. The number of para-hydroxylation sites is 1. The summed E-state index contributed by atoms with van der Waals surface area (Å²) in [4.78, 5) is 28.1. The van der Waals surface area contributed by atoms with Gasteiger partial charge in [-0.1, -0.05) is 30.3 Å². The van der Waals surface area contributed by atoms with Gasteiger partial charge in [0.2, 0.25) is 0 Å². The highest BCUT2D eigenvalue weighted by molar-refractivity contribution is 7.21. The molecule has 4 aromatic rings. The van der Waals surface area contributed by atoms with Gasteiger partial charge >= 0.3 is 0 Å². The van der Waals surface area contributed by atoms with Crippen LogP contribution in [0.2, 0.25) is 0 Å². The van der Waals surface area contributed by atoms with Crippen LogP contribution in [0, 0.1) is 6.92 Å². The van der Waals surface area contributed by atoms with Crippen LogP contribution in [0.3, 0.4) is 0 Å². The fraction of sp³-hybridized carbons (Fsp3) is 0.290. The lowest BCUT2D eigenvalue weighted by atomic mass is 9.69. The van der Waals surface area contributed by atoms with Crippen molar-refractivity contribution in [2.45, 2.75) is 37.1 Å². The molecule has 212 valence electrons. The normalized spacial score (nSPS) is 23.9. The number of methoxy groups -OCH3 is 1. The maximum Gasteiger partial charge on any atom is 0.262 e. The summed E-state index contributed by atoms with van der Waals surface area (Å²) >= 11 is 1.25. The molecule has 0 radical (unpaired) electrons. The van der Waals surface area contributed by atoms with Gasteiger partial charge in [0.25, 0.3) is 5.91 Å². The van der Waals surface area contributed by atoms with Crippen molar-refractivity contribution in [3.05, 3.63) is 87.8 Å². The van der Waals surface area contributed by atoms with Crippen molar-refractivity contribution in [2.75, 3.05) is 25.9 Å². The Labute approximate surface area is 242 Å². The number of rotatable bonds is 6. The Morgan fingerprint density at radius 3 is 2.56 bits per heavy atom. The molecular weight excluding hydrogens is 538 g/mol. The zero-order chi connectivity index (χ0) is 28.9. The summed E-state index contributed by atoms with van der Waals surface area (Å²) in [5.41, 5.74) is 21.5. The van der Waals surface area contributed by atoms with Crippen LogP contribution in [0.5, 0.6) is 11.5 Å². The lowest BCUT2D eigenvalue weighted by Crippen LogP contribution is -2.53. The molecule has 1 aliphatic carbocycles. The number of nitrogens with one attached hydrogen (secondary N) is 2. The van der Waals surface area contributed by atoms with Crippen molar-refractivity contribution in [1.29, 1.82) is 0 Å². The zero-order valence-corrected chi connectivity index (χ0v) is 23.7. The maximum absolute atomic E-state index is 14.1. The molecule has 2 aliphatic rings. The third-order valence-electron chi connectivity index (χ3n) is 8.10. The van der Waals surface area contributed by atoms with E-state index in [1.54, 1.807) is 25.3 Å². The van der Waals surface area contributed by atoms with Gasteiger partial charge in [0.1, 0.15) is 17.0 Å². The van der Waals surface area contributed by atoms with E-state index in [1.165, 1.54) is 11.3 Å². The highest BCUT2D eigenvalue weighted by Crippen LogP contribution is 2.50. The molecule has 2 unspecified atom stereocenters. The number of nitrogen functional groups attached to an aromatic ring is 1. The van der Waals surface area contributed by atoms with Crippen LogP contribution in [0.1, 0.15) is 44.4 Å². The molecule has 4 atom stereocenters. The number of carbonyl (C=O) groups is 2. The second-order valence-corrected chi connectivity index (χ2v) is 11.7. The van der Waals surface area contributed by atoms with Crippen molar-refractivity contribution >= 4 is 38.8 Å². The average molecular weight is 572 g/mol. The third-order valence-corrected chi connectivity index (χ3v) is 9.35. The number of hydrogen-bond donors (Lipinski definition) is 5. The minimum Gasteiger partial charge on any atom is -0.457 e. The van der Waals surface area contributed by atoms with Crippen molar-refractivity contribution < 1.29 is 19.1 Å². The van der Waals surface area contributed by atoms with Gasteiger partial charge in [-0.2, -0.15) is 0 Å². The summed E-state index contributed by atoms with van der Waals surface area (Å²) in [5, 5.41) is 7.06.